The lowest BCUT2D eigenvalue weighted by molar-refractivity contribution is 0.0688. The van der Waals surface area contributed by atoms with Crippen LogP contribution in [0.4, 0.5) is 0 Å². The number of amides is 1. The molecule has 1 aliphatic heterocycles. The molecule has 1 fully saturated rings. The predicted molar refractivity (Wildman–Crippen MR) is 81.7 cm³/mol. The number of phenolic OH excluding ortho intramolecular Hbond substituents is 1. The Morgan fingerprint density at radius 2 is 2.10 bits per heavy atom. The molecular weight excluding hydrogens is 322 g/mol. The average molecular weight is 342 g/mol. The van der Waals surface area contributed by atoms with Gasteiger partial charge >= 0.3 is 0 Å². The number of aromatic hydroxyl groups is 1. The van der Waals surface area contributed by atoms with E-state index in [0.29, 0.717) is 22.1 Å². The molecule has 0 radical (unpaired) electrons. The van der Waals surface area contributed by atoms with Crippen LogP contribution in [0.5, 0.6) is 11.5 Å². The molecule has 1 unspecified atom stereocenters. The van der Waals surface area contributed by atoms with Crippen molar-refractivity contribution >= 4 is 21.8 Å². The maximum atomic E-state index is 12.4. The molecule has 0 spiro atoms. The van der Waals surface area contributed by atoms with E-state index in [9.17, 15) is 9.90 Å². The fourth-order valence-corrected chi connectivity index (χ4v) is 3.08. The van der Waals surface area contributed by atoms with Crippen LogP contribution in [0.2, 0.25) is 0 Å². The molecule has 0 saturated carbocycles. The topological polar surface area (TPSA) is 49.8 Å². The van der Waals surface area contributed by atoms with Gasteiger partial charge in [-0.1, -0.05) is 22.9 Å². The van der Waals surface area contributed by atoms with Crippen LogP contribution < -0.4 is 4.74 Å². The monoisotopic (exact) mass is 341 g/mol. The number of hydrogen-bond donors (Lipinski definition) is 1. The Kier molecular flexibility index (Phi) is 4.91. The second kappa shape index (κ2) is 6.48. The summed E-state index contributed by atoms with van der Waals surface area (Å²) in [4.78, 5) is 14.7. The van der Waals surface area contributed by atoms with Gasteiger partial charge in [0.25, 0.3) is 5.91 Å². The molecule has 4 nitrogen and oxygen atoms in total. The molecule has 1 atom stereocenters. The number of carbonyl (C=O) groups is 1. The predicted octanol–water partition coefficient (Wildman–Crippen LogP) is 3.04. The van der Waals surface area contributed by atoms with Crippen LogP contribution in [-0.2, 0) is 0 Å². The van der Waals surface area contributed by atoms with Gasteiger partial charge in [0.1, 0.15) is 11.5 Å². The van der Waals surface area contributed by atoms with Crippen LogP contribution in [0.25, 0.3) is 0 Å². The summed E-state index contributed by atoms with van der Waals surface area (Å²) >= 11 is 3.61. The smallest absolute Gasteiger partial charge is 0.257 e. The lowest BCUT2D eigenvalue weighted by Crippen LogP contribution is -2.39. The third-order valence-electron chi connectivity index (χ3n) is 3.91. The van der Waals surface area contributed by atoms with Gasteiger partial charge in [-0.3, -0.25) is 4.79 Å². The minimum atomic E-state index is -0.106. The largest absolute Gasteiger partial charge is 0.507 e. The van der Waals surface area contributed by atoms with Crippen LogP contribution >= 0.6 is 15.9 Å². The van der Waals surface area contributed by atoms with Crippen molar-refractivity contribution in [3.05, 3.63) is 23.8 Å². The fourth-order valence-electron chi connectivity index (χ4n) is 2.55. The molecule has 1 N–H and O–H groups in total. The van der Waals surface area contributed by atoms with Crippen LogP contribution in [0.15, 0.2) is 18.2 Å². The van der Waals surface area contributed by atoms with Gasteiger partial charge in [0, 0.05) is 24.0 Å². The van der Waals surface area contributed by atoms with E-state index >= 15 is 0 Å². The minimum Gasteiger partial charge on any atom is -0.507 e. The van der Waals surface area contributed by atoms with E-state index in [0.717, 1.165) is 25.9 Å². The summed E-state index contributed by atoms with van der Waals surface area (Å²) in [5.74, 6) is 1.03. The van der Waals surface area contributed by atoms with Crippen molar-refractivity contribution in [2.45, 2.75) is 24.6 Å². The molecule has 1 aromatic rings. The number of carbonyl (C=O) groups excluding carboxylic acids is 1. The Labute approximate surface area is 127 Å². The number of hydrogen-bond acceptors (Lipinski definition) is 3. The van der Waals surface area contributed by atoms with Crippen LogP contribution in [0, 0.1) is 5.92 Å². The van der Waals surface area contributed by atoms with Gasteiger partial charge < -0.3 is 14.7 Å². The first-order valence-corrected chi connectivity index (χ1v) is 7.75. The van der Waals surface area contributed by atoms with Gasteiger partial charge in [0.15, 0.2) is 0 Å². The number of benzene rings is 1. The molecule has 1 aromatic carbocycles. The molecule has 1 saturated heterocycles. The van der Waals surface area contributed by atoms with E-state index in [2.05, 4.69) is 22.9 Å². The van der Waals surface area contributed by atoms with Gasteiger partial charge in [0.2, 0.25) is 0 Å². The zero-order valence-corrected chi connectivity index (χ0v) is 13.4. The second-order valence-electron chi connectivity index (χ2n) is 5.19. The SMILES string of the molecule is COc1ccc(C(=O)N2CCC(C(C)Br)CC2)c(O)c1. The van der Waals surface area contributed by atoms with Crippen LogP contribution in [0.1, 0.15) is 30.1 Å². The van der Waals surface area contributed by atoms with E-state index in [1.807, 2.05) is 4.90 Å². The third-order valence-corrected chi connectivity index (χ3v) is 4.66. The maximum absolute atomic E-state index is 12.4. The Balaban J connectivity index is 2.05. The summed E-state index contributed by atoms with van der Waals surface area (Å²) in [5.41, 5.74) is 0.344. The molecule has 5 heteroatoms. The highest BCUT2D eigenvalue weighted by Gasteiger charge is 2.27. The third kappa shape index (κ3) is 3.26. The highest BCUT2D eigenvalue weighted by Crippen LogP contribution is 2.28. The van der Waals surface area contributed by atoms with Crippen molar-refractivity contribution in [2.75, 3.05) is 20.2 Å². The van der Waals surface area contributed by atoms with Crippen molar-refractivity contribution in [1.29, 1.82) is 0 Å². The molecule has 0 aliphatic carbocycles. The van der Waals surface area contributed by atoms with Crippen LogP contribution in [0.3, 0.4) is 0 Å². The highest BCUT2D eigenvalue weighted by atomic mass is 79.9. The molecule has 20 heavy (non-hydrogen) atoms. The number of alkyl halides is 1. The van der Waals surface area contributed by atoms with Crippen LogP contribution in [-0.4, -0.2) is 40.9 Å². The molecule has 2 rings (SSSR count). The van der Waals surface area contributed by atoms with E-state index in [1.165, 1.54) is 13.2 Å². The Bertz CT molecular complexity index is 482. The number of piperidine rings is 1. The van der Waals surface area contributed by atoms with Gasteiger partial charge in [-0.25, -0.2) is 0 Å². The minimum absolute atomic E-state index is 0.0228. The van der Waals surface area contributed by atoms with Gasteiger partial charge in [-0.2, -0.15) is 0 Å². The Morgan fingerprint density at radius 3 is 2.60 bits per heavy atom. The molecular formula is C15H20BrNO3. The first-order valence-electron chi connectivity index (χ1n) is 6.83. The summed E-state index contributed by atoms with van der Waals surface area (Å²) in [7, 11) is 1.53. The van der Waals surface area contributed by atoms with Crippen molar-refractivity contribution in [3.8, 4) is 11.5 Å². The molecule has 0 bridgehead atoms. The number of rotatable bonds is 3. The molecule has 1 amide bonds. The molecule has 1 aliphatic rings. The molecule has 110 valence electrons. The summed E-state index contributed by atoms with van der Waals surface area (Å²) in [5, 5.41) is 9.93. The first kappa shape index (κ1) is 15.2. The van der Waals surface area contributed by atoms with Crippen molar-refractivity contribution in [2.24, 2.45) is 5.92 Å². The molecule has 1 heterocycles. The lowest BCUT2D eigenvalue weighted by atomic mass is 9.94. The van der Waals surface area contributed by atoms with Gasteiger partial charge in [-0.05, 0) is 30.9 Å². The van der Waals surface area contributed by atoms with Crippen molar-refractivity contribution in [1.82, 2.24) is 4.90 Å². The van der Waals surface area contributed by atoms with Gasteiger partial charge in [0.05, 0.1) is 12.7 Å². The van der Waals surface area contributed by atoms with E-state index in [-0.39, 0.29) is 11.7 Å². The average Bonchev–Trinajstić information content (AvgIpc) is 2.46. The number of methoxy groups -OCH3 is 1. The van der Waals surface area contributed by atoms with E-state index in [4.69, 9.17) is 4.74 Å². The Morgan fingerprint density at radius 1 is 1.45 bits per heavy atom. The van der Waals surface area contributed by atoms with Crippen molar-refractivity contribution < 1.29 is 14.6 Å². The summed E-state index contributed by atoms with van der Waals surface area (Å²) in [6.45, 7) is 3.63. The number of phenols is 1. The zero-order valence-electron chi connectivity index (χ0n) is 11.8. The first-order chi connectivity index (χ1) is 9.52. The summed E-state index contributed by atoms with van der Waals surface area (Å²) < 4.78 is 5.03. The fraction of sp³-hybridized carbons (Fsp3) is 0.533. The highest BCUT2D eigenvalue weighted by molar-refractivity contribution is 9.09. The number of likely N-dealkylation sites (tertiary alicyclic amines) is 1. The van der Waals surface area contributed by atoms with E-state index in [1.54, 1.807) is 12.1 Å². The zero-order chi connectivity index (χ0) is 14.7. The summed E-state index contributed by atoms with van der Waals surface area (Å²) in [6.07, 6.45) is 1.99. The maximum Gasteiger partial charge on any atom is 0.257 e. The van der Waals surface area contributed by atoms with Crippen molar-refractivity contribution in [3.63, 3.8) is 0 Å². The number of ether oxygens (including phenoxy) is 1. The van der Waals surface area contributed by atoms with Gasteiger partial charge in [-0.15, -0.1) is 0 Å². The van der Waals surface area contributed by atoms with E-state index < -0.39 is 0 Å². The summed E-state index contributed by atoms with van der Waals surface area (Å²) in [6, 6.07) is 4.79. The quantitative estimate of drug-likeness (QED) is 0.859. The molecule has 0 aromatic heterocycles. The number of nitrogens with zero attached hydrogens (tertiary/aromatic N) is 1. The number of halogens is 1. The Hall–Kier alpha value is -1.23. The standard InChI is InChI=1S/C15H20BrNO3/c1-10(16)11-5-7-17(8-6-11)15(19)13-4-3-12(20-2)9-14(13)18/h3-4,9-11,18H,5-8H2,1-2H3. The second-order valence-corrected chi connectivity index (χ2v) is 6.63. The normalized spacial score (nSPS) is 17.9. The lowest BCUT2D eigenvalue weighted by Gasteiger charge is -2.33.